The van der Waals surface area contributed by atoms with Crippen LogP contribution in [0.1, 0.15) is 38.7 Å². The highest BCUT2D eigenvalue weighted by atomic mass is 16.1. The van der Waals surface area contributed by atoms with Crippen LogP contribution in [0.2, 0.25) is 0 Å². The van der Waals surface area contributed by atoms with Crippen LogP contribution in [0.5, 0.6) is 0 Å². The number of rotatable bonds is 9. The topological polar surface area (TPSA) is 32.3 Å². The molecule has 106 valence electrons. The molecule has 0 aliphatic rings. The zero-order chi connectivity index (χ0) is 13.9. The van der Waals surface area contributed by atoms with Gasteiger partial charge in [0.1, 0.15) is 0 Å². The number of amides is 1. The Bertz CT molecular complexity index is 351. The summed E-state index contributed by atoms with van der Waals surface area (Å²) >= 11 is 0. The van der Waals surface area contributed by atoms with E-state index < -0.39 is 0 Å². The van der Waals surface area contributed by atoms with Gasteiger partial charge in [0.2, 0.25) is 5.91 Å². The van der Waals surface area contributed by atoms with Crippen LogP contribution in [0.4, 0.5) is 0 Å². The molecule has 1 aromatic rings. The van der Waals surface area contributed by atoms with E-state index in [1.165, 1.54) is 5.56 Å². The lowest BCUT2D eigenvalue weighted by Gasteiger charge is -2.20. The highest BCUT2D eigenvalue weighted by Gasteiger charge is 2.06. The number of benzene rings is 1. The SMILES string of the molecule is CCCCNC(=O)CCN(CC)Cc1ccccc1. The predicted octanol–water partition coefficient (Wildman–Crippen LogP) is 2.81. The van der Waals surface area contributed by atoms with Crippen LogP contribution in [0.25, 0.3) is 0 Å². The summed E-state index contributed by atoms with van der Waals surface area (Å²) in [6.45, 7) is 7.78. The summed E-state index contributed by atoms with van der Waals surface area (Å²) < 4.78 is 0. The third-order valence-corrected chi connectivity index (χ3v) is 3.20. The van der Waals surface area contributed by atoms with Crippen molar-refractivity contribution in [3.05, 3.63) is 35.9 Å². The molecule has 0 aromatic heterocycles. The average molecular weight is 262 g/mol. The first-order chi connectivity index (χ1) is 9.26. The third kappa shape index (κ3) is 6.97. The van der Waals surface area contributed by atoms with Crippen molar-refractivity contribution in [3.8, 4) is 0 Å². The minimum Gasteiger partial charge on any atom is -0.356 e. The molecule has 0 saturated carbocycles. The van der Waals surface area contributed by atoms with Crippen molar-refractivity contribution in [2.75, 3.05) is 19.6 Å². The Morgan fingerprint density at radius 2 is 1.95 bits per heavy atom. The van der Waals surface area contributed by atoms with Crippen molar-refractivity contribution >= 4 is 5.91 Å². The number of carbonyl (C=O) groups excluding carboxylic acids is 1. The van der Waals surface area contributed by atoms with E-state index in [0.717, 1.165) is 39.0 Å². The Balaban J connectivity index is 2.27. The lowest BCUT2D eigenvalue weighted by molar-refractivity contribution is -0.121. The number of carbonyl (C=O) groups is 1. The Morgan fingerprint density at radius 1 is 1.21 bits per heavy atom. The first kappa shape index (κ1) is 15.7. The van der Waals surface area contributed by atoms with Crippen LogP contribution in [-0.4, -0.2) is 30.4 Å². The van der Waals surface area contributed by atoms with Gasteiger partial charge in [0.25, 0.3) is 0 Å². The second-order valence-electron chi connectivity index (χ2n) is 4.81. The van der Waals surface area contributed by atoms with Crippen molar-refractivity contribution < 1.29 is 4.79 Å². The van der Waals surface area contributed by atoms with Crippen LogP contribution in [0.15, 0.2) is 30.3 Å². The normalized spacial score (nSPS) is 10.7. The van der Waals surface area contributed by atoms with Gasteiger partial charge in [-0.3, -0.25) is 9.69 Å². The molecule has 0 spiro atoms. The van der Waals surface area contributed by atoms with Gasteiger partial charge in [-0.15, -0.1) is 0 Å². The molecule has 19 heavy (non-hydrogen) atoms. The van der Waals surface area contributed by atoms with Crippen molar-refractivity contribution in [1.82, 2.24) is 10.2 Å². The van der Waals surface area contributed by atoms with Gasteiger partial charge >= 0.3 is 0 Å². The molecule has 0 radical (unpaired) electrons. The molecule has 0 bridgehead atoms. The molecular weight excluding hydrogens is 236 g/mol. The highest BCUT2D eigenvalue weighted by Crippen LogP contribution is 2.04. The molecule has 0 saturated heterocycles. The van der Waals surface area contributed by atoms with Crippen LogP contribution in [0.3, 0.4) is 0 Å². The molecule has 0 aliphatic carbocycles. The van der Waals surface area contributed by atoms with E-state index in [1.54, 1.807) is 0 Å². The van der Waals surface area contributed by atoms with Gasteiger partial charge in [-0.2, -0.15) is 0 Å². The molecule has 1 rings (SSSR count). The minimum absolute atomic E-state index is 0.167. The van der Waals surface area contributed by atoms with Crippen LogP contribution in [-0.2, 0) is 11.3 Å². The third-order valence-electron chi connectivity index (χ3n) is 3.20. The Hall–Kier alpha value is -1.35. The Morgan fingerprint density at radius 3 is 2.58 bits per heavy atom. The maximum absolute atomic E-state index is 11.7. The van der Waals surface area contributed by atoms with Crippen LogP contribution in [0, 0.1) is 0 Å². The van der Waals surface area contributed by atoms with E-state index in [1.807, 2.05) is 6.07 Å². The summed E-state index contributed by atoms with van der Waals surface area (Å²) in [4.78, 5) is 14.0. The van der Waals surface area contributed by atoms with E-state index in [9.17, 15) is 4.79 Å². The fourth-order valence-corrected chi connectivity index (χ4v) is 1.94. The van der Waals surface area contributed by atoms with E-state index in [0.29, 0.717) is 6.42 Å². The summed E-state index contributed by atoms with van der Waals surface area (Å²) in [5.41, 5.74) is 1.30. The van der Waals surface area contributed by atoms with Gasteiger partial charge < -0.3 is 5.32 Å². The maximum Gasteiger partial charge on any atom is 0.221 e. The number of unbranched alkanes of at least 4 members (excludes halogenated alkanes) is 1. The fraction of sp³-hybridized carbons (Fsp3) is 0.562. The van der Waals surface area contributed by atoms with Crippen molar-refractivity contribution in [1.29, 1.82) is 0 Å². The molecule has 0 aliphatic heterocycles. The van der Waals surface area contributed by atoms with Gasteiger partial charge in [0, 0.05) is 26.1 Å². The number of nitrogens with one attached hydrogen (secondary N) is 1. The van der Waals surface area contributed by atoms with Crippen molar-refractivity contribution in [3.63, 3.8) is 0 Å². The number of hydrogen-bond donors (Lipinski definition) is 1. The summed E-state index contributed by atoms with van der Waals surface area (Å²) in [6.07, 6.45) is 2.77. The fourth-order valence-electron chi connectivity index (χ4n) is 1.94. The largest absolute Gasteiger partial charge is 0.356 e. The zero-order valence-electron chi connectivity index (χ0n) is 12.2. The van der Waals surface area contributed by atoms with Gasteiger partial charge in [0.15, 0.2) is 0 Å². The monoisotopic (exact) mass is 262 g/mol. The van der Waals surface area contributed by atoms with Gasteiger partial charge in [-0.25, -0.2) is 0 Å². The van der Waals surface area contributed by atoms with Gasteiger partial charge in [-0.05, 0) is 18.5 Å². The summed E-state index contributed by atoms with van der Waals surface area (Å²) in [6, 6.07) is 10.4. The van der Waals surface area contributed by atoms with E-state index >= 15 is 0 Å². The Kier molecular flexibility index (Phi) is 7.91. The van der Waals surface area contributed by atoms with Crippen molar-refractivity contribution in [2.45, 2.75) is 39.7 Å². The second kappa shape index (κ2) is 9.56. The smallest absolute Gasteiger partial charge is 0.221 e. The standard InChI is InChI=1S/C16H26N2O/c1-3-5-12-17-16(19)11-13-18(4-2)14-15-9-7-6-8-10-15/h6-10H,3-5,11-14H2,1-2H3,(H,17,19). The zero-order valence-corrected chi connectivity index (χ0v) is 12.2. The van der Waals surface area contributed by atoms with Gasteiger partial charge in [0.05, 0.1) is 0 Å². The molecular formula is C16H26N2O. The molecule has 0 fully saturated rings. The number of hydrogen-bond acceptors (Lipinski definition) is 2. The first-order valence-electron chi connectivity index (χ1n) is 7.29. The van der Waals surface area contributed by atoms with E-state index in [2.05, 4.69) is 48.3 Å². The minimum atomic E-state index is 0.167. The van der Waals surface area contributed by atoms with Crippen molar-refractivity contribution in [2.24, 2.45) is 0 Å². The summed E-state index contributed by atoms with van der Waals surface area (Å²) in [5, 5.41) is 2.96. The number of nitrogens with zero attached hydrogens (tertiary/aromatic N) is 1. The Labute approximate surface area is 117 Å². The van der Waals surface area contributed by atoms with E-state index in [-0.39, 0.29) is 5.91 Å². The summed E-state index contributed by atoms with van der Waals surface area (Å²) in [7, 11) is 0. The van der Waals surface area contributed by atoms with E-state index in [4.69, 9.17) is 0 Å². The molecule has 0 atom stereocenters. The molecule has 3 nitrogen and oxygen atoms in total. The highest BCUT2D eigenvalue weighted by molar-refractivity contribution is 5.75. The second-order valence-corrected chi connectivity index (χ2v) is 4.81. The first-order valence-corrected chi connectivity index (χ1v) is 7.29. The molecule has 1 N–H and O–H groups in total. The molecule has 0 unspecified atom stereocenters. The molecule has 3 heteroatoms. The maximum atomic E-state index is 11.7. The van der Waals surface area contributed by atoms with Gasteiger partial charge in [-0.1, -0.05) is 50.6 Å². The molecule has 1 aromatic carbocycles. The van der Waals surface area contributed by atoms with Crippen LogP contribution < -0.4 is 5.32 Å². The molecule has 1 amide bonds. The lowest BCUT2D eigenvalue weighted by Crippen LogP contribution is -2.31. The van der Waals surface area contributed by atoms with Crippen LogP contribution >= 0.6 is 0 Å². The lowest BCUT2D eigenvalue weighted by atomic mass is 10.2. The average Bonchev–Trinajstić information content (AvgIpc) is 2.45. The molecule has 0 heterocycles. The quantitative estimate of drug-likeness (QED) is 0.694. The predicted molar refractivity (Wildman–Crippen MR) is 79.9 cm³/mol. The summed E-state index contributed by atoms with van der Waals surface area (Å²) in [5.74, 6) is 0.167.